The maximum absolute atomic E-state index is 12.5. The van der Waals surface area contributed by atoms with Gasteiger partial charge in [-0.1, -0.05) is 49.1 Å². The zero-order valence-corrected chi connectivity index (χ0v) is 15.5. The molecule has 1 aromatic rings. The number of carbonyl (C=O) groups excluding carboxylic acids is 1. The van der Waals surface area contributed by atoms with Crippen LogP contribution < -0.4 is 11.1 Å². The molecule has 2 fully saturated rings. The quantitative estimate of drug-likeness (QED) is 0.866. The van der Waals surface area contributed by atoms with Gasteiger partial charge in [0, 0.05) is 23.9 Å². The molecule has 3 N–H and O–H groups in total. The van der Waals surface area contributed by atoms with Crippen LogP contribution in [0, 0.1) is 12.8 Å². The van der Waals surface area contributed by atoms with Crippen LogP contribution in [-0.4, -0.2) is 18.5 Å². The summed E-state index contributed by atoms with van der Waals surface area (Å²) >= 11 is 0. The van der Waals surface area contributed by atoms with Crippen molar-refractivity contribution in [2.75, 3.05) is 6.54 Å². The highest BCUT2D eigenvalue weighted by Crippen LogP contribution is 2.39. The van der Waals surface area contributed by atoms with E-state index in [4.69, 9.17) is 5.73 Å². The Morgan fingerprint density at radius 2 is 2.00 bits per heavy atom. The molecular weight excluding hydrogens is 320 g/mol. The topological polar surface area (TPSA) is 55.1 Å². The molecule has 4 heteroatoms. The van der Waals surface area contributed by atoms with Gasteiger partial charge in [0.15, 0.2) is 0 Å². The Morgan fingerprint density at radius 1 is 1.25 bits per heavy atom. The summed E-state index contributed by atoms with van der Waals surface area (Å²) in [5.74, 6) is 0.346. The van der Waals surface area contributed by atoms with Gasteiger partial charge in [-0.15, -0.1) is 12.4 Å². The van der Waals surface area contributed by atoms with Crippen LogP contribution in [0.15, 0.2) is 24.3 Å². The molecule has 0 saturated heterocycles. The highest BCUT2D eigenvalue weighted by Gasteiger charge is 2.35. The predicted octanol–water partition coefficient (Wildman–Crippen LogP) is 3.86. The van der Waals surface area contributed by atoms with Gasteiger partial charge < -0.3 is 11.1 Å². The van der Waals surface area contributed by atoms with E-state index in [2.05, 4.69) is 36.5 Å². The van der Waals surface area contributed by atoms with Crippen LogP contribution in [-0.2, 0) is 10.2 Å². The van der Waals surface area contributed by atoms with E-state index >= 15 is 0 Å². The SMILES string of the molecule is Cc1cccc(C2(CNC(=O)C3CCC(N)C3)CCCCC2)c1.Cl. The number of carbonyl (C=O) groups is 1. The second kappa shape index (κ2) is 8.35. The molecule has 0 aromatic heterocycles. The maximum Gasteiger partial charge on any atom is 0.223 e. The summed E-state index contributed by atoms with van der Waals surface area (Å²) in [5.41, 5.74) is 8.79. The molecule has 3 rings (SSSR count). The lowest BCUT2D eigenvalue weighted by atomic mass is 9.69. The summed E-state index contributed by atoms with van der Waals surface area (Å²) in [7, 11) is 0. The Labute approximate surface area is 152 Å². The van der Waals surface area contributed by atoms with E-state index in [1.807, 2.05) is 0 Å². The summed E-state index contributed by atoms with van der Waals surface area (Å²) in [6.07, 6.45) is 8.99. The van der Waals surface area contributed by atoms with Gasteiger partial charge in [-0.3, -0.25) is 4.79 Å². The number of nitrogens with one attached hydrogen (secondary N) is 1. The lowest BCUT2D eigenvalue weighted by Crippen LogP contribution is -2.44. The van der Waals surface area contributed by atoms with E-state index in [1.165, 1.54) is 43.2 Å². The molecule has 0 bridgehead atoms. The number of amides is 1. The average molecular weight is 351 g/mol. The number of hydrogen-bond donors (Lipinski definition) is 2. The monoisotopic (exact) mass is 350 g/mol. The minimum absolute atomic E-state index is 0. The molecule has 0 spiro atoms. The van der Waals surface area contributed by atoms with E-state index in [1.54, 1.807) is 0 Å². The molecule has 0 radical (unpaired) electrons. The summed E-state index contributed by atoms with van der Waals surface area (Å²) < 4.78 is 0. The number of aryl methyl sites for hydroxylation is 1. The third-order valence-corrected chi connectivity index (χ3v) is 5.89. The lowest BCUT2D eigenvalue weighted by molar-refractivity contribution is -0.125. The Hall–Kier alpha value is -1.06. The molecule has 24 heavy (non-hydrogen) atoms. The summed E-state index contributed by atoms with van der Waals surface area (Å²) in [4.78, 5) is 12.5. The van der Waals surface area contributed by atoms with Crippen LogP contribution in [0.2, 0.25) is 0 Å². The second-order valence-electron chi connectivity index (χ2n) is 7.70. The molecule has 3 nitrogen and oxygen atoms in total. The number of rotatable bonds is 4. The molecule has 2 saturated carbocycles. The summed E-state index contributed by atoms with van der Waals surface area (Å²) in [6, 6.07) is 9.07. The van der Waals surface area contributed by atoms with Crippen molar-refractivity contribution >= 4 is 18.3 Å². The van der Waals surface area contributed by atoms with Crippen molar-refractivity contribution in [3.63, 3.8) is 0 Å². The van der Waals surface area contributed by atoms with Crippen LogP contribution in [0.25, 0.3) is 0 Å². The number of hydrogen-bond acceptors (Lipinski definition) is 2. The van der Waals surface area contributed by atoms with Crippen molar-refractivity contribution < 1.29 is 4.79 Å². The zero-order valence-electron chi connectivity index (χ0n) is 14.7. The fraction of sp³-hybridized carbons (Fsp3) is 0.650. The van der Waals surface area contributed by atoms with Crippen LogP contribution in [0.1, 0.15) is 62.5 Å². The standard InChI is InChI=1S/C20H30N2O.ClH/c1-15-6-5-7-17(12-15)20(10-3-2-4-11-20)14-22-19(23)16-8-9-18(21)13-16;/h5-7,12,16,18H,2-4,8-11,13-14,21H2,1H3,(H,22,23);1H. The first-order valence-corrected chi connectivity index (χ1v) is 9.19. The smallest absolute Gasteiger partial charge is 0.223 e. The minimum atomic E-state index is 0. The Balaban J connectivity index is 0.00000208. The van der Waals surface area contributed by atoms with Gasteiger partial charge in [-0.2, -0.15) is 0 Å². The molecule has 134 valence electrons. The fourth-order valence-corrected chi connectivity index (χ4v) is 4.43. The largest absolute Gasteiger partial charge is 0.355 e. The van der Waals surface area contributed by atoms with Gasteiger partial charge in [-0.25, -0.2) is 0 Å². The highest BCUT2D eigenvalue weighted by atomic mass is 35.5. The van der Waals surface area contributed by atoms with Gasteiger partial charge in [-0.05, 0) is 44.6 Å². The third kappa shape index (κ3) is 4.31. The van der Waals surface area contributed by atoms with Crippen molar-refractivity contribution in [3.05, 3.63) is 35.4 Å². The molecule has 0 aliphatic heterocycles. The Kier molecular flexibility index (Phi) is 6.70. The first-order valence-electron chi connectivity index (χ1n) is 9.19. The minimum Gasteiger partial charge on any atom is -0.355 e. The van der Waals surface area contributed by atoms with E-state index < -0.39 is 0 Å². The lowest BCUT2D eigenvalue weighted by Gasteiger charge is -2.38. The predicted molar refractivity (Wildman–Crippen MR) is 102 cm³/mol. The first-order chi connectivity index (χ1) is 11.1. The highest BCUT2D eigenvalue weighted by molar-refractivity contribution is 5.85. The molecule has 1 aromatic carbocycles. The first kappa shape index (κ1) is 19.3. The average Bonchev–Trinajstić information content (AvgIpc) is 3.00. The van der Waals surface area contributed by atoms with E-state index in [-0.39, 0.29) is 35.7 Å². The van der Waals surface area contributed by atoms with E-state index in [0.29, 0.717) is 0 Å². The van der Waals surface area contributed by atoms with Crippen molar-refractivity contribution in [1.82, 2.24) is 5.32 Å². The van der Waals surface area contributed by atoms with Gasteiger partial charge in [0.25, 0.3) is 0 Å². The maximum atomic E-state index is 12.5. The van der Waals surface area contributed by atoms with Crippen LogP contribution >= 0.6 is 12.4 Å². The normalized spacial score (nSPS) is 25.8. The summed E-state index contributed by atoms with van der Waals surface area (Å²) in [6.45, 7) is 2.93. The fourth-order valence-electron chi connectivity index (χ4n) is 4.43. The summed E-state index contributed by atoms with van der Waals surface area (Å²) in [5, 5.41) is 3.28. The number of halogens is 1. The molecule has 2 unspecified atom stereocenters. The van der Waals surface area contributed by atoms with Crippen molar-refractivity contribution in [2.24, 2.45) is 11.7 Å². The molecule has 2 atom stereocenters. The van der Waals surface area contributed by atoms with Gasteiger partial charge >= 0.3 is 0 Å². The van der Waals surface area contributed by atoms with E-state index in [9.17, 15) is 4.79 Å². The Morgan fingerprint density at radius 3 is 2.62 bits per heavy atom. The second-order valence-corrected chi connectivity index (χ2v) is 7.70. The van der Waals surface area contributed by atoms with Crippen molar-refractivity contribution in [3.8, 4) is 0 Å². The molecule has 0 heterocycles. The number of nitrogens with two attached hydrogens (primary N) is 1. The van der Waals surface area contributed by atoms with Gasteiger partial charge in [0.1, 0.15) is 0 Å². The van der Waals surface area contributed by atoms with Crippen molar-refractivity contribution in [1.29, 1.82) is 0 Å². The molecule has 1 amide bonds. The van der Waals surface area contributed by atoms with Crippen LogP contribution in [0.3, 0.4) is 0 Å². The van der Waals surface area contributed by atoms with Crippen LogP contribution in [0.5, 0.6) is 0 Å². The van der Waals surface area contributed by atoms with Gasteiger partial charge in [0.2, 0.25) is 5.91 Å². The van der Waals surface area contributed by atoms with Gasteiger partial charge in [0.05, 0.1) is 0 Å². The third-order valence-electron chi connectivity index (χ3n) is 5.89. The van der Waals surface area contributed by atoms with E-state index in [0.717, 1.165) is 25.8 Å². The Bertz CT molecular complexity index is 554. The zero-order chi connectivity index (χ0) is 16.3. The molecule has 2 aliphatic carbocycles. The molecular formula is C20H31ClN2O. The van der Waals surface area contributed by atoms with Crippen LogP contribution in [0.4, 0.5) is 0 Å². The molecule has 2 aliphatic rings. The van der Waals surface area contributed by atoms with Crippen molar-refractivity contribution in [2.45, 2.75) is 69.7 Å². The number of benzene rings is 1.